The van der Waals surface area contributed by atoms with E-state index in [1.165, 1.54) is 24.7 Å². The van der Waals surface area contributed by atoms with E-state index in [0.717, 1.165) is 0 Å². The summed E-state index contributed by atoms with van der Waals surface area (Å²) in [6, 6.07) is 0. The van der Waals surface area contributed by atoms with Gasteiger partial charge in [-0.25, -0.2) is 4.98 Å². The first-order chi connectivity index (χ1) is 19.4. The molecule has 0 aliphatic carbocycles. The zero-order valence-corrected chi connectivity index (χ0v) is 27.5. The number of hydrogen-bond acceptors (Lipinski definition) is 12. The van der Waals surface area contributed by atoms with Crippen LogP contribution < -0.4 is 15.8 Å². The van der Waals surface area contributed by atoms with Crippen LogP contribution in [0.15, 0.2) is 11.1 Å². The van der Waals surface area contributed by atoms with E-state index in [0.29, 0.717) is 6.54 Å². The van der Waals surface area contributed by atoms with Crippen LogP contribution in [0.3, 0.4) is 0 Å². The maximum atomic E-state index is 12.9. The van der Waals surface area contributed by atoms with E-state index < -0.39 is 58.7 Å². The van der Waals surface area contributed by atoms with E-state index in [1.807, 2.05) is 47.7 Å². The number of nitrogens with zero attached hydrogens (tertiary/aromatic N) is 3. The van der Waals surface area contributed by atoms with Crippen molar-refractivity contribution in [3.05, 3.63) is 16.7 Å². The Balaban J connectivity index is 2.14. The first-order valence-electron chi connectivity index (χ1n) is 14.0. The number of Topliss-reactive ketones (excluding diaryl/α,β-unsaturated/α-hetero) is 1. The minimum Gasteiger partial charge on any atom is -0.566 e. The van der Waals surface area contributed by atoms with Crippen molar-refractivity contribution >= 4 is 45.4 Å². The van der Waals surface area contributed by atoms with Crippen LogP contribution in [-0.2, 0) is 32.6 Å². The topological polar surface area (TPSA) is 187 Å². The van der Waals surface area contributed by atoms with Crippen molar-refractivity contribution in [1.82, 2.24) is 19.5 Å². The molecule has 2 N–H and O–H groups in total. The first kappa shape index (κ1) is 33.9. The van der Waals surface area contributed by atoms with Crippen LogP contribution in [0.2, 0.25) is 18.1 Å². The second-order valence-electron chi connectivity index (χ2n) is 12.5. The summed E-state index contributed by atoms with van der Waals surface area (Å²) in [4.78, 5) is 60.3. The molecule has 2 aromatic rings. The van der Waals surface area contributed by atoms with E-state index >= 15 is 0 Å². The number of ether oxygens (including phenoxy) is 2. The van der Waals surface area contributed by atoms with Crippen molar-refractivity contribution in [2.45, 2.75) is 110 Å². The molecule has 2 aromatic heterocycles. The molecule has 0 saturated carbocycles. The van der Waals surface area contributed by atoms with E-state index in [1.54, 1.807) is 0 Å². The van der Waals surface area contributed by atoms with Gasteiger partial charge in [0.1, 0.15) is 24.1 Å². The number of anilines is 1. The quantitative estimate of drug-likeness (QED) is 0.188. The fourth-order valence-corrected chi connectivity index (χ4v) is 5.90. The van der Waals surface area contributed by atoms with Crippen molar-refractivity contribution in [2.24, 2.45) is 5.92 Å². The second kappa shape index (κ2) is 13.4. The number of imidazole rings is 1. The van der Waals surface area contributed by atoms with Crippen molar-refractivity contribution in [3.63, 3.8) is 0 Å². The van der Waals surface area contributed by atoms with Crippen LogP contribution in [0.4, 0.5) is 5.95 Å². The SMILES string of the molecule is CC(=O)CCC(=O)O[C@@H]1C(O[Si](C)(C)C(C)(C)C)[C@H](n2cnc3c(=O)[nH]c(NCC(C)C)nc32)O[C@@H]1C(C)O[P+](=O)[O-]. The van der Waals surface area contributed by atoms with Gasteiger partial charge in [0.25, 0.3) is 5.56 Å². The van der Waals surface area contributed by atoms with Crippen LogP contribution in [-0.4, -0.2) is 70.5 Å². The fraction of sp³-hybridized carbons (Fsp3) is 0.731. The molecule has 3 heterocycles. The molecule has 42 heavy (non-hydrogen) atoms. The third-order valence-corrected chi connectivity index (χ3v) is 12.5. The number of hydrogen-bond donors (Lipinski definition) is 2. The van der Waals surface area contributed by atoms with E-state index in [4.69, 9.17) is 18.4 Å². The van der Waals surface area contributed by atoms with Crippen molar-refractivity contribution in [2.75, 3.05) is 11.9 Å². The van der Waals surface area contributed by atoms with Gasteiger partial charge in [0.05, 0.1) is 12.7 Å². The summed E-state index contributed by atoms with van der Waals surface area (Å²) in [5, 5.41) is 2.84. The molecule has 3 rings (SSSR count). The molecular formula is C26H42N5O9PSi. The molecule has 0 aromatic carbocycles. The summed E-state index contributed by atoms with van der Waals surface area (Å²) in [6.07, 6.45) is -4.05. The number of H-pyrrole nitrogens is 1. The van der Waals surface area contributed by atoms with E-state index in [9.17, 15) is 23.8 Å². The lowest BCUT2D eigenvalue weighted by molar-refractivity contribution is -0.195. The third kappa shape index (κ3) is 8.08. The average Bonchev–Trinajstić information content (AvgIpc) is 3.42. The van der Waals surface area contributed by atoms with Crippen LogP contribution in [0, 0.1) is 5.92 Å². The van der Waals surface area contributed by atoms with Gasteiger partial charge in [-0.2, -0.15) is 4.98 Å². The number of aromatic nitrogens is 4. The predicted molar refractivity (Wildman–Crippen MR) is 155 cm³/mol. The summed E-state index contributed by atoms with van der Waals surface area (Å²) in [7, 11) is -5.84. The van der Waals surface area contributed by atoms with Crippen LogP contribution in [0.25, 0.3) is 11.2 Å². The maximum absolute atomic E-state index is 12.9. The van der Waals surface area contributed by atoms with Crippen LogP contribution in [0.1, 0.15) is 67.5 Å². The van der Waals surface area contributed by atoms with Gasteiger partial charge < -0.3 is 28.9 Å². The Morgan fingerprint density at radius 1 is 1.24 bits per heavy atom. The monoisotopic (exact) mass is 627 g/mol. The summed E-state index contributed by atoms with van der Waals surface area (Å²) in [5.74, 6) is -0.324. The van der Waals surface area contributed by atoms with Gasteiger partial charge >= 0.3 is 14.2 Å². The molecule has 14 nitrogen and oxygen atoms in total. The summed E-state index contributed by atoms with van der Waals surface area (Å²) < 4.78 is 37.1. The number of esters is 1. The van der Waals surface area contributed by atoms with Crippen molar-refractivity contribution < 1.29 is 37.5 Å². The molecule has 3 unspecified atom stereocenters. The van der Waals surface area contributed by atoms with Crippen LogP contribution >= 0.6 is 8.25 Å². The minimum atomic E-state index is -3.26. The van der Waals surface area contributed by atoms with Gasteiger partial charge in [0.15, 0.2) is 31.8 Å². The van der Waals surface area contributed by atoms with E-state index in [-0.39, 0.29) is 46.7 Å². The number of nitrogens with one attached hydrogen (secondary N) is 2. The highest BCUT2D eigenvalue weighted by Crippen LogP contribution is 2.44. The molecule has 1 fully saturated rings. The Bertz CT molecular complexity index is 1360. The lowest BCUT2D eigenvalue weighted by Crippen LogP contribution is -2.50. The Morgan fingerprint density at radius 3 is 2.48 bits per heavy atom. The number of carbonyl (C=O) groups excluding carboxylic acids is 2. The molecule has 0 radical (unpaired) electrons. The third-order valence-electron chi connectivity index (χ3n) is 7.51. The largest absolute Gasteiger partial charge is 0.566 e. The lowest BCUT2D eigenvalue weighted by Gasteiger charge is -2.40. The molecule has 0 spiro atoms. The molecule has 6 atom stereocenters. The Kier molecular flexibility index (Phi) is 10.8. The number of aromatic amines is 1. The number of ketones is 1. The number of carbonyl (C=O) groups is 2. The van der Waals surface area contributed by atoms with Gasteiger partial charge in [0, 0.05) is 13.0 Å². The zero-order chi connectivity index (χ0) is 31.6. The molecule has 1 aliphatic heterocycles. The average molecular weight is 628 g/mol. The fourth-order valence-electron chi connectivity index (χ4n) is 4.22. The molecular weight excluding hydrogens is 585 g/mol. The van der Waals surface area contributed by atoms with Gasteiger partial charge in [0.2, 0.25) is 5.95 Å². The molecule has 1 saturated heterocycles. The lowest BCUT2D eigenvalue weighted by atomic mass is 10.1. The van der Waals surface area contributed by atoms with Gasteiger partial charge in [-0.15, -0.1) is 4.52 Å². The molecule has 16 heteroatoms. The molecule has 0 amide bonds. The van der Waals surface area contributed by atoms with E-state index in [2.05, 4.69) is 20.3 Å². The molecule has 0 bridgehead atoms. The molecule has 1 aliphatic rings. The van der Waals surface area contributed by atoms with Crippen molar-refractivity contribution in [3.8, 4) is 0 Å². The van der Waals surface area contributed by atoms with Gasteiger partial charge in [-0.1, -0.05) is 34.6 Å². The smallest absolute Gasteiger partial charge is 0.488 e. The normalized spacial score (nSPS) is 22.4. The summed E-state index contributed by atoms with van der Waals surface area (Å²) in [6.45, 7) is 17.6. The highest BCUT2D eigenvalue weighted by atomic mass is 31.1. The number of fused-ring (bicyclic) bond motifs is 1. The van der Waals surface area contributed by atoms with Gasteiger partial charge in [-0.05, 0) is 42.5 Å². The highest BCUT2D eigenvalue weighted by Gasteiger charge is 2.55. The van der Waals surface area contributed by atoms with Gasteiger partial charge in [-0.3, -0.25) is 19.1 Å². The predicted octanol–water partition coefficient (Wildman–Crippen LogP) is 3.18. The highest BCUT2D eigenvalue weighted by molar-refractivity contribution is 7.30. The molecule has 234 valence electrons. The zero-order valence-electron chi connectivity index (χ0n) is 25.6. The maximum Gasteiger partial charge on any atom is 0.488 e. The van der Waals surface area contributed by atoms with Crippen molar-refractivity contribution in [1.29, 1.82) is 0 Å². The summed E-state index contributed by atoms with van der Waals surface area (Å²) in [5.41, 5.74) is -0.205. The minimum absolute atomic E-state index is 0.0161. The second-order valence-corrected chi connectivity index (χ2v) is 18.0. The Hall–Kier alpha value is -2.55. The number of rotatable bonds is 13. The summed E-state index contributed by atoms with van der Waals surface area (Å²) >= 11 is 0. The van der Waals surface area contributed by atoms with Crippen LogP contribution in [0.5, 0.6) is 0 Å². The Labute approximate surface area is 247 Å². The Morgan fingerprint density at radius 2 is 1.90 bits per heavy atom. The first-order valence-corrected chi connectivity index (χ1v) is 18.0. The standard InChI is InChI=1S/C26H42N5O9PSi/c1-14(2)12-27-25-29-22-18(23(34)30-25)28-13-31(22)24-21(40-42(8,9)26(5,6)7)20(37-17(33)11-10-15(3)32)19(38-24)16(4)39-41(35)36/h13-14,16,19-21,24H,10-12H2,1-9H3,(H2,27,29,30,34)/t16?,19-,20+,21?,24-/m1/s1.